The molecule has 0 bridgehead atoms. The molecule has 0 atom stereocenters. The number of aliphatic imine (C=N–C) groups is 1. The van der Waals surface area contributed by atoms with Gasteiger partial charge in [0, 0.05) is 11.8 Å². The standard InChI is InChI=1S/C17H20N4O4S.2ClH/c1-26(23,24)15-10-12(16(22)21-17(19)20)4-7-14(15)25-13-5-2-11(3-6-13)8-9-18;;/h2-7,10H,8-9,18H2,1H3,(H4,19,20,21,22);2*1H. The molecule has 0 aromatic heterocycles. The summed E-state index contributed by atoms with van der Waals surface area (Å²) in [6.07, 6.45) is 1.75. The predicted octanol–water partition coefficient (Wildman–Crippen LogP) is 1.64. The predicted molar refractivity (Wildman–Crippen MR) is 113 cm³/mol. The average Bonchev–Trinajstić information content (AvgIpc) is 2.55. The van der Waals surface area contributed by atoms with Crippen LogP contribution in [0.2, 0.25) is 0 Å². The van der Waals surface area contributed by atoms with Crippen molar-refractivity contribution in [1.29, 1.82) is 0 Å². The highest BCUT2D eigenvalue weighted by Crippen LogP contribution is 2.30. The summed E-state index contributed by atoms with van der Waals surface area (Å²) >= 11 is 0. The number of halogens is 2. The number of carbonyl (C=O) groups excluding carboxylic acids is 1. The zero-order valence-electron chi connectivity index (χ0n) is 15.0. The Labute approximate surface area is 175 Å². The minimum atomic E-state index is -3.66. The third kappa shape index (κ3) is 7.01. The molecule has 8 nitrogen and oxygen atoms in total. The Bertz CT molecular complexity index is 944. The topological polar surface area (TPSA) is 151 Å². The summed E-state index contributed by atoms with van der Waals surface area (Å²) in [6, 6.07) is 11.1. The summed E-state index contributed by atoms with van der Waals surface area (Å²) in [5.74, 6) is -0.597. The van der Waals surface area contributed by atoms with Gasteiger partial charge in [-0.1, -0.05) is 12.1 Å². The Morgan fingerprint density at radius 3 is 2.18 bits per heavy atom. The molecular formula is C17H22Cl2N4O4S. The Kier molecular flexibility index (Phi) is 9.96. The number of hydrogen-bond donors (Lipinski definition) is 3. The van der Waals surface area contributed by atoms with Crippen molar-refractivity contribution in [1.82, 2.24) is 0 Å². The molecule has 0 saturated heterocycles. The maximum atomic E-state index is 12.1. The van der Waals surface area contributed by atoms with Crippen molar-refractivity contribution < 1.29 is 17.9 Å². The largest absolute Gasteiger partial charge is 0.456 e. The zero-order chi connectivity index (χ0) is 19.3. The first-order valence-corrected chi connectivity index (χ1v) is 9.55. The molecule has 11 heteroatoms. The van der Waals surface area contributed by atoms with Crippen LogP contribution in [0, 0.1) is 0 Å². The number of nitrogens with two attached hydrogens (primary N) is 3. The van der Waals surface area contributed by atoms with Crippen molar-refractivity contribution in [2.45, 2.75) is 11.3 Å². The Morgan fingerprint density at radius 1 is 1.07 bits per heavy atom. The molecule has 0 aliphatic carbocycles. The number of hydrogen-bond acceptors (Lipinski definition) is 5. The normalized spacial score (nSPS) is 10.2. The first-order chi connectivity index (χ1) is 12.2. The highest BCUT2D eigenvalue weighted by molar-refractivity contribution is 7.90. The Morgan fingerprint density at radius 2 is 1.68 bits per heavy atom. The van der Waals surface area contributed by atoms with Crippen LogP contribution in [0.1, 0.15) is 15.9 Å². The highest BCUT2D eigenvalue weighted by Gasteiger charge is 2.18. The molecule has 6 N–H and O–H groups in total. The van der Waals surface area contributed by atoms with Gasteiger partial charge < -0.3 is 21.9 Å². The van der Waals surface area contributed by atoms with E-state index in [1.807, 2.05) is 12.1 Å². The fourth-order valence-electron chi connectivity index (χ4n) is 2.21. The second-order valence-electron chi connectivity index (χ2n) is 5.56. The molecule has 0 heterocycles. The van der Waals surface area contributed by atoms with Crippen molar-refractivity contribution in [2.24, 2.45) is 22.2 Å². The molecule has 28 heavy (non-hydrogen) atoms. The van der Waals surface area contributed by atoms with Crippen LogP contribution in [0.5, 0.6) is 11.5 Å². The monoisotopic (exact) mass is 448 g/mol. The summed E-state index contributed by atoms with van der Waals surface area (Å²) in [5.41, 5.74) is 16.9. The lowest BCUT2D eigenvalue weighted by atomic mass is 10.1. The molecule has 2 rings (SSSR count). The minimum Gasteiger partial charge on any atom is -0.456 e. The maximum Gasteiger partial charge on any atom is 0.280 e. The summed E-state index contributed by atoms with van der Waals surface area (Å²) in [4.78, 5) is 15.2. The van der Waals surface area contributed by atoms with Gasteiger partial charge in [-0.15, -0.1) is 24.8 Å². The number of ether oxygens (including phenoxy) is 1. The van der Waals surface area contributed by atoms with Crippen LogP contribution in [0.4, 0.5) is 0 Å². The molecule has 0 saturated carbocycles. The van der Waals surface area contributed by atoms with Crippen LogP contribution < -0.4 is 21.9 Å². The molecular weight excluding hydrogens is 427 g/mol. The van der Waals surface area contributed by atoms with Crippen LogP contribution in [0.15, 0.2) is 52.4 Å². The van der Waals surface area contributed by atoms with Crippen LogP contribution in [0.3, 0.4) is 0 Å². The Hall–Kier alpha value is -2.33. The van der Waals surface area contributed by atoms with E-state index in [0.717, 1.165) is 18.2 Å². The van der Waals surface area contributed by atoms with Gasteiger partial charge in [-0.25, -0.2) is 8.42 Å². The molecule has 0 spiro atoms. The second-order valence-corrected chi connectivity index (χ2v) is 7.54. The zero-order valence-corrected chi connectivity index (χ0v) is 17.4. The van der Waals surface area contributed by atoms with E-state index in [1.165, 1.54) is 18.2 Å². The smallest absolute Gasteiger partial charge is 0.280 e. The fourth-order valence-corrected chi connectivity index (χ4v) is 3.03. The molecule has 0 unspecified atom stereocenters. The quantitative estimate of drug-likeness (QED) is 0.448. The summed E-state index contributed by atoms with van der Waals surface area (Å²) in [5, 5.41) is 0. The van der Waals surface area contributed by atoms with E-state index in [-0.39, 0.29) is 41.0 Å². The van der Waals surface area contributed by atoms with E-state index in [0.29, 0.717) is 12.3 Å². The van der Waals surface area contributed by atoms with Gasteiger partial charge in [0.15, 0.2) is 15.8 Å². The minimum absolute atomic E-state index is 0. The SMILES string of the molecule is CS(=O)(=O)c1cc(C(=O)N=C(N)N)ccc1Oc1ccc(CCN)cc1.Cl.Cl. The average molecular weight is 449 g/mol. The van der Waals surface area contributed by atoms with Crippen LogP contribution in [-0.4, -0.2) is 33.1 Å². The van der Waals surface area contributed by atoms with E-state index < -0.39 is 21.7 Å². The van der Waals surface area contributed by atoms with Crippen molar-refractivity contribution in [3.05, 3.63) is 53.6 Å². The lowest BCUT2D eigenvalue weighted by molar-refractivity contribution is 0.100. The highest BCUT2D eigenvalue weighted by atomic mass is 35.5. The number of amides is 1. The summed E-state index contributed by atoms with van der Waals surface area (Å²) in [6.45, 7) is 0.531. The number of carbonyl (C=O) groups is 1. The van der Waals surface area contributed by atoms with Crippen molar-refractivity contribution >= 4 is 46.5 Å². The van der Waals surface area contributed by atoms with Gasteiger partial charge in [-0.05, 0) is 48.9 Å². The lowest BCUT2D eigenvalue weighted by Crippen LogP contribution is -2.24. The lowest BCUT2D eigenvalue weighted by Gasteiger charge is -2.11. The molecule has 0 aliphatic rings. The Balaban J connectivity index is 0.00000364. The number of rotatable bonds is 6. The van der Waals surface area contributed by atoms with E-state index in [9.17, 15) is 13.2 Å². The molecule has 0 fully saturated rings. The van der Waals surface area contributed by atoms with Gasteiger partial charge in [0.1, 0.15) is 16.4 Å². The first kappa shape index (κ1) is 25.7. The van der Waals surface area contributed by atoms with E-state index in [2.05, 4.69) is 4.99 Å². The van der Waals surface area contributed by atoms with E-state index in [4.69, 9.17) is 21.9 Å². The van der Waals surface area contributed by atoms with Gasteiger partial charge in [0.2, 0.25) is 0 Å². The molecule has 1 amide bonds. The van der Waals surface area contributed by atoms with E-state index >= 15 is 0 Å². The third-order valence-electron chi connectivity index (χ3n) is 3.40. The molecule has 2 aromatic rings. The van der Waals surface area contributed by atoms with Gasteiger partial charge >= 0.3 is 0 Å². The summed E-state index contributed by atoms with van der Waals surface area (Å²) in [7, 11) is -3.66. The maximum absolute atomic E-state index is 12.1. The van der Waals surface area contributed by atoms with Gasteiger partial charge in [-0.3, -0.25) is 4.79 Å². The first-order valence-electron chi connectivity index (χ1n) is 7.65. The molecule has 154 valence electrons. The number of sulfone groups is 1. The van der Waals surface area contributed by atoms with E-state index in [1.54, 1.807) is 12.1 Å². The number of nitrogens with zero attached hydrogens (tertiary/aromatic N) is 1. The summed E-state index contributed by atoms with van der Waals surface area (Å²) < 4.78 is 29.9. The van der Waals surface area contributed by atoms with Crippen LogP contribution >= 0.6 is 24.8 Å². The van der Waals surface area contributed by atoms with Gasteiger partial charge in [0.05, 0.1) is 0 Å². The van der Waals surface area contributed by atoms with Crippen molar-refractivity contribution in [3.8, 4) is 11.5 Å². The van der Waals surface area contributed by atoms with Crippen molar-refractivity contribution in [2.75, 3.05) is 12.8 Å². The van der Waals surface area contributed by atoms with Crippen LogP contribution in [0.25, 0.3) is 0 Å². The fraction of sp³-hybridized carbons (Fsp3) is 0.176. The number of guanidine groups is 1. The van der Waals surface area contributed by atoms with Gasteiger partial charge in [0.25, 0.3) is 5.91 Å². The molecule has 0 radical (unpaired) electrons. The molecule has 0 aliphatic heterocycles. The van der Waals surface area contributed by atoms with Crippen LogP contribution in [-0.2, 0) is 16.3 Å². The number of benzene rings is 2. The second kappa shape index (κ2) is 10.9. The molecule has 2 aromatic carbocycles. The van der Waals surface area contributed by atoms with Gasteiger partial charge in [-0.2, -0.15) is 4.99 Å². The van der Waals surface area contributed by atoms with Crippen molar-refractivity contribution in [3.63, 3.8) is 0 Å². The third-order valence-corrected chi connectivity index (χ3v) is 4.52.